The lowest BCUT2D eigenvalue weighted by Gasteiger charge is -2.16. The van der Waals surface area contributed by atoms with Gasteiger partial charge in [0.15, 0.2) is 5.82 Å². The maximum absolute atomic E-state index is 4.99. The van der Waals surface area contributed by atoms with E-state index in [0.717, 1.165) is 11.5 Å². The van der Waals surface area contributed by atoms with Crippen molar-refractivity contribution in [3.63, 3.8) is 0 Å². The molecule has 1 N–H and O–H groups in total. The first-order chi connectivity index (χ1) is 7.33. The van der Waals surface area contributed by atoms with Crippen LogP contribution in [0.3, 0.4) is 0 Å². The standard InChI is InChI=1S/C9H12N4O2/c1-14-5-7-11-3-6-9(12-7)13-8(15-2)4-10-6/h4H,3,5H2,1-2H3,(H,11,12,13). The summed E-state index contributed by atoms with van der Waals surface area (Å²) in [5.41, 5.74) is 0.815. The zero-order chi connectivity index (χ0) is 10.7. The molecule has 15 heavy (non-hydrogen) atoms. The van der Waals surface area contributed by atoms with Crippen molar-refractivity contribution in [1.82, 2.24) is 9.97 Å². The molecule has 1 aliphatic heterocycles. The maximum atomic E-state index is 4.99. The van der Waals surface area contributed by atoms with Gasteiger partial charge in [-0.2, -0.15) is 4.98 Å². The van der Waals surface area contributed by atoms with Crippen molar-refractivity contribution in [3.8, 4) is 5.88 Å². The Balaban J connectivity index is 2.21. The number of anilines is 1. The van der Waals surface area contributed by atoms with Crippen LogP contribution in [0.25, 0.3) is 0 Å². The van der Waals surface area contributed by atoms with Crippen molar-refractivity contribution in [2.75, 3.05) is 26.1 Å². The molecule has 0 bridgehead atoms. The highest BCUT2D eigenvalue weighted by Crippen LogP contribution is 2.18. The van der Waals surface area contributed by atoms with Gasteiger partial charge in [0.25, 0.3) is 0 Å². The Labute approximate surface area is 87.4 Å². The Morgan fingerprint density at radius 2 is 2.33 bits per heavy atom. The summed E-state index contributed by atoms with van der Waals surface area (Å²) in [6.07, 6.45) is 1.58. The van der Waals surface area contributed by atoms with Gasteiger partial charge in [0.05, 0.1) is 19.9 Å². The van der Waals surface area contributed by atoms with E-state index in [1.165, 1.54) is 0 Å². The molecule has 1 aromatic heterocycles. The van der Waals surface area contributed by atoms with Crippen LogP contribution in [0.5, 0.6) is 5.88 Å². The van der Waals surface area contributed by atoms with Crippen LogP contribution < -0.4 is 10.1 Å². The fourth-order valence-electron chi connectivity index (χ4n) is 1.28. The minimum atomic E-state index is 0.443. The molecule has 0 atom stereocenters. The van der Waals surface area contributed by atoms with E-state index in [4.69, 9.17) is 9.47 Å². The Hall–Kier alpha value is -1.69. The molecule has 0 saturated carbocycles. The van der Waals surface area contributed by atoms with Crippen LogP contribution in [0, 0.1) is 0 Å². The zero-order valence-electron chi connectivity index (χ0n) is 8.65. The molecule has 1 aliphatic rings. The SMILES string of the molecule is COCC1=NCc2ncc(OC)nc2N1. The molecule has 80 valence electrons. The normalized spacial score (nSPS) is 13.9. The van der Waals surface area contributed by atoms with Crippen molar-refractivity contribution in [2.45, 2.75) is 6.54 Å². The predicted octanol–water partition coefficient (Wildman–Crippen LogP) is 0.456. The van der Waals surface area contributed by atoms with Crippen molar-refractivity contribution in [2.24, 2.45) is 4.99 Å². The average Bonchev–Trinajstić information content (AvgIpc) is 2.28. The lowest BCUT2D eigenvalue weighted by molar-refractivity contribution is 0.244. The summed E-state index contributed by atoms with van der Waals surface area (Å²) in [6.45, 7) is 0.969. The predicted molar refractivity (Wildman–Crippen MR) is 55.2 cm³/mol. The van der Waals surface area contributed by atoms with Gasteiger partial charge < -0.3 is 14.8 Å². The Morgan fingerprint density at radius 3 is 3.07 bits per heavy atom. The summed E-state index contributed by atoms with van der Waals surface area (Å²) in [6, 6.07) is 0. The molecule has 0 spiro atoms. The Morgan fingerprint density at radius 1 is 1.47 bits per heavy atom. The second-order valence-electron chi connectivity index (χ2n) is 3.03. The molecule has 0 unspecified atom stereocenters. The molecule has 0 saturated heterocycles. The topological polar surface area (TPSA) is 68.6 Å². The summed E-state index contributed by atoms with van der Waals surface area (Å²) in [4.78, 5) is 12.7. The number of methoxy groups -OCH3 is 2. The highest BCUT2D eigenvalue weighted by molar-refractivity contribution is 5.97. The number of amidine groups is 1. The van der Waals surface area contributed by atoms with E-state index < -0.39 is 0 Å². The van der Waals surface area contributed by atoms with Gasteiger partial charge in [-0.05, 0) is 0 Å². The smallest absolute Gasteiger partial charge is 0.234 e. The lowest BCUT2D eigenvalue weighted by Crippen LogP contribution is -2.24. The van der Waals surface area contributed by atoms with Crippen LogP contribution in [-0.2, 0) is 11.3 Å². The van der Waals surface area contributed by atoms with Crippen LogP contribution >= 0.6 is 0 Å². The van der Waals surface area contributed by atoms with Gasteiger partial charge in [0.2, 0.25) is 5.88 Å². The van der Waals surface area contributed by atoms with E-state index in [0.29, 0.717) is 24.8 Å². The van der Waals surface area contributed by atoms with Gasteiger partial charge in [-0.1, -0.05) is 0 Å². The van der Waals surface area contributed by atoms with Gasteiger partial charge in [0.1, 0.15) is 18.1 Å². The average molecular weight is 208 g/mol. The van der Waals surface area contributed by atoms with E-state index in [9.17, 15) is 0 Å². The third-order valence-corrected chi connectivity index (χ3v) is 2.00. The van der Waals surface area contributed by atoms with Crippen LogP contribution in [0.4, 0.5) is 5.82 Å². The second-order valence-corrected chi connectivity index (χ2v) is 3.03. The minimum absolute atomic E-state index is 0.443. The number of hydrogen-bond donors (Lipinski definition) is 1. The molecule has 0 aliphatic carbocycles. The number of hydrogen-bond acceptors (Lipinski definition) is 6. The highest BCUT2D eigenvalue weighted by atomic mass is 16.5. The third-order valence-electron chi connectivity index (χ3n) is 2.00. The maximum Gasteiger partial charge on any atom is 0.234 e. The van der Waals surface area contributed by atoms with Crippen LogP contribution in [-0.4, -0.2) is 36.6 Å². The molecule has 6 nitrogen and oxygen atoms in total. The van der Waals surface area contributed by atoms with Crippen LogP contribution in [0.2, 0.25) is 0 Å². The van der Waals surface area contributed by atoms with Crippen LogP contribution in [0.15, 0.2) is 11.2 Å². The van der Waals surface area contributed by atoms with Gasteiger partial charge in [-0.25, -0.2) is 4.98 Å². The monoisotopic (exact) mass is 208 g/mol. The van der Waals surface area contributed by atoms with E-state index >= 15 is 0 Å². The second kappa shape index (κ2) is 4.22. The van der Waals surface area contributed by atoms with Crippen molar-refractivity contribution >= 4 is 11.7 Å². The van der Waals surface area contributed by atoms with Crippen molar-refractivity contribution in [1.29, 1.82) is 0 Å². The quantitative estimate of drug-likeness (QED) is 0.781. The largest absolute Gasteiger partial charge is 0.480 e. The number of nitrogens with one attached hydrogen (secondary N) is 1. The first kappa shape index (κ1) is 9.85. The van der Waals surface area contributed by atoms with E-state index in [2.05, 4.69) is 20.3 Å². The van der Waals surface area contributed by atoms with Gasteiger partial charge in [-0.3, -0.25) is 4.99 Å². The minimum Gasteiger partial charge on any atom is -0.480 e. The number of fused-ring (bicyclic) bond motifs is 1. The molecular formula is C9H12N4O2. The molecule has 2 heterocycles. The van der Waals surface area contributed by atoms with Crippen molar-refractivity contribution in [3.05, 3.63) is 11.9 Å². The Kier molecular flexibility index (Phi) is 2.77. The summed E-state index contributed by atoms with van der Waals surface area (Å²) < 4.78 is 9.97. The van der Waals surface area contributed by atoms with Gasteiger partial charge in [-0.15, -0.1) is 0 Å². The lowest BCUT2D eigenvalue weighted by atomic mass is 10.3. The summed E-state index contributed by atoms with van der Waals surface area (Å²) in [5, 5.41) is 3.04. The fourth-order valence-corrected chi connectivity index (χ4v) is 1.28. The molecule has 0 fully saturated rings. The molecule has 0 aromatic carbocycles. The zero-order valence-corrected chi connectivity index (χ0v) is 8.65. The summed E-state index contributed by atoms with van der Waals surface area (Å²) in [5.74, 6) is 1.93. The number of aromatic nitrogens is 2. The molecule has 6 heteroatoms. The number of ether oxygens (including phenoxy) is 2. The first-order valence-electron chi connectivity index (χ1n) is 4.52. The molecule has 1 aromatic rings. The number of aliphatic imine (C=N–C) groups is 1. The Bertz CT molecular complexity index is 392. The van der Waals surface area contributed by atoms with Crippen LogP contribution in [0.1, 0.15) is 5.69 Å². The van der Waals surface area contributed by atoms with E-state index in [1.54, 1.807) is 20.4 Å². The number of rotatable bonds is 3. The van der Waals surface area contributed by atoms with Gasteiger partial charge >= 0.3 is 0 Å². The third kappa shape index (κ3) is 2.04. The fraction of sp³-hybridized carbons (Fsp3) is 0.444. The highest BCUT2D eigenvalue weighted by Gasteiger charge is 2.14. The van der Waals surface area contributed by atoms with E-state index in [-0.39, 0.29) is 0 Å². The summed E-state index contributed by atoms with van der Waals surface area (Å²) >= 11 is 0. The van der Waals surface area contributed by atoms with E-state index in [1.807, 2.05) is 0 Å². The number of nitrogens with zero attached hydrogens (tertiary/aromatic N) is 3. The van der Waals surface area contributed by atoms with Crippen molar-refractivity contribution < 1.29 is 9.47 Å². The molecular weight excluding hydrogens is 196 g/mol. The summed E-state index contributed by atoms with van der Waals surface area (Å²) in [7, 11) is 3.18. The molecule has 2 rings (SSSR count). The molecule has 0 amide bonds. The first-order valence-corrected chi connectivity index (χ1v) is 4.52. The molecule has 0 radical (unpaired) electrons. The van der Waals surface area contributed by atoms with Gasteiger partial charge in [0, 0.05) is 7.11 Å².